The molecule has 0 radical (unpaired) electrons. The van der Waals surface area contributed by atoms with Crippen molar-refractivity contribution in [3.8, 4) is 0 Å². The number of sulfonamides is 1. The summed E-state index contributed by atoms with van der Waals surface area (Å²) >= 11 is 0. The summed E-state index contributed by atoms with van der Waals surface area (Å²) in [7, 11) is -3.43. The van der Waals surface area contributed by atoms with Crippen molar-refractivity contribution in [3.05, 3.63) is 30.3 Å². The van der Waals surface area contributed by atoms with Gasteiger partial charge in [-0.15, -0.1) is 0 Å². The molecule has 20 heavy (non-hydrogen) atoms. The van der Waals surface area contributed by atoms with E-state index >= 15 is 0 Å². The van der Waals surface area contributed by atoms with Gasteiger partial charge < -0.3 is 5.32 Å². The fraction of sp³-hybridized carbons (Fsp3) is 0.600. The van der Waals surface area contributed by atoms with E-state index < -0.39 is 10.0 Å². The second-order valence-corrected chi connectivity index (χ2v) is 8.33. The lowest BCUT2D eigenvalue weighted by Crippen LogP contribution is -2.64. The Morgan fingerprint density at radius 2 is 1.85 bits per heavy atom. The molecule has 1 aliphatic heterocycles. The predicted octanol–water partition coefficient (Wildman–Crippen LogP) is 2.08. The first-order valence-corrected chi connectivity index (χ1v) is 8.50. The maximum atomic E-state index is 12.9. The molecule has 4 nitrogen and oxygen atoms in total. The molecule has 1 atom stereocenters. The fourth-order valence-corrected chi connectivity index (χ4v) is 4.54. The lowest BCUT2D eigenvalue weighted by atomic mass is 9.96. The molecule has 0 aliphatic carbocycles. The first kappa shape index (κ1) is 15.5. The zero-order valence-corrected chi connectivity index (χ0v) is 13.4. The molecule has 1 saturated heterocycles. The van der Waals surface area contributed by atoms with E-state index in [0.717, 1.165) is 0 Å². The molecule has 1 aromatic rings. The van der Waals surface area contributed by atoms with Gasteiger partial charge in [-0.2, -0.15) is 4.31 Å². The quantitative estimate of drug-likeness (QED) is 0.929. The predicted molar refractivity (Wildman–Crippen MR) is 81.0 cm³/mol. The van der Waals surface area contributed by atoms with E-state index in [0.29, 0.717) is 18.0 Å². The minimum absolute atomic E-state index is 0.00627. The van der Waals surface area contributed by atoms with Gasteiger partial charge in [-0.3, -0.25) is 0 Å². The molecule has 1 N–H and O–H groups in total. The maximum absolute atomic E-state index is 12.9. The number of nitrogens with zero attached hydrogens (tertiary/aromatic N) is 1. The minimum atomic E-state index is -3.43. The van der Waals surface area contributed by atoms with Crippen LogP contribution in [-0.4, -0.2) is 37.4 Å². The van der Waals surface area contributed by atoms with Crippen molar-refractivity contribution in [2.24, 2.45) is 5.92 Å². The van der Waals surface area contributed by atoms with Crippen LogP contribution in [0.4, 0.5) is 0 Å². The first-order valence-electron chi connectivity index (χ1n) is 7.06. The molecule has 2 rings (SSSR count). The number of rotatable bonds is 3. The highest BCUT2D eigenvalue weighted by Gasteiger charge is 2.40. The van der Waals surface area contributed by atoms with Gasteiger partial charge in [0.05, 0.1) is 4.90 Å². The van der Waals surface area contributed by atoms with E-state index in [4.69, 9.17) is 0 Å². The van der Waals surface area contributed by atoms with Gasteiger partial charge in [-0.05, 0) is 31.9 Å². The molecule has 0 spiro atoms. The summed E-state index contributed by atoms with van der Waals surface area (Å²) in [5.41, 5.74) is -0.201. The number of nitrogens with one attached hydrogen (secondary N) is 1. The molecule has 0 aromatic heterocycles. The van der Waals surface area contributed by atoms with Crippen LogP contribution in [0.3, 0.4) is 0 Å². The molecule has 5 heteroatoms. The largest absolute Gasteiger partial charge is 0.309 e. The number of benzene rings is 1. The van der Waals surface area contributed by atoms with Crippen molar-refractivity contribution in [1.82, 2.24) is 9.62 Å². The average molecular weight is 296 g/mol. The Morgan fingerprint density at radius 3 is 2.40 bits per heavy atom. The Morgan fingerprint density at radius 1 is 1.25 bits per heavy atom. The number of piperazine rings is 1. The van der Waals surface area contributed by atoms with E-state index in [1.165, 1.54) is 0 Å². The number of hydrogen-bond acceptors (Lipinski definition) is 3. The zero-order valence-electron chi connectivity index (χ0n) is 12.6. The SMILES string of the molecule is CC(C)C1CNC(C)(C)CN1S(=O)(=O)c1ccccc1. The molecule has 112 valence electrons. The number of hydrogen-bond donors (Lipinski definition) is 1. The van der Waals surface area contributed by atoms with Crippen LogP contribution in [0.1, 0.15) is 27.7 Å². The van der Waals surface area contributed by atoms with Crippen LogP contribution in [0, 0.1) is 5.92 Å². The monoisotopic (exact) mass is 296 g/mol. The minimum Gasteiger partial charge on any atom is -0.309 e. The summed E-state index contributed by atoms with van der Waals surface area (Å²) in [6, 6.07) is 8.70. The van der Waals surface area contributed by atoms with E-state index in [1.54, 1.807) is 28.6 Å². The van der Waals surface area contributed by atoms with Crippen molar-refractivity contribution in [2.45, 2.75) is 44.2 Å². The molecule has 0 bridgehead atoms. The van der Waals surface area contributed by atoms with Crippen molar-refractivity contribution >= 4 is 10.0 Å². The molecule has 1 aromatic carbocycles. The Kier molecular flexibility index (Phi) is 4.23. The molecular formula is C15H24N2O2S. The summed E-state index contributed by atoms with van der Waals surface area (Å²) in [4.78, 5) is 0.378. The standard InChI is InChI=1S/C15H24N2O2S/c1-12(2)14-10-16-15(3,4)11-17(14)20(18,19)13-8-6-5-7-9-13/h5-9,12,14,16H,10-11H2,1-4H3. The van der Waals surface area contributed by atoms with Crippen LogP contribution in [-0.2, 0) is 10.0 Å². The summed E-state index contributed by atoms with van der Waals surface area (Å²) in [6.45, 7) is 9.40. The van der Waals surface area contributed by atoms with Gasteiger partial charge in [0.2, 0.25) is 10.0 Å². The first-order chi connectivity index (χ1) is 9.24. The van der Waals surface area contributed by atoms with E-state index in [9.17, 15) is 8.42 Å². The van der Waals surface area contributed by atoms with Crippen LogP contribution in [0.15, 0.2) is 35.2 Å². The molecule has 1 aliphatic rings. The summed E-state index contributed by atoms with van der Waals surface area (Å²) in [6.07, 6.45) is 0. The van der Waals surface area contributed by atoms with Crippen LogP contribution < -0.4 is 5.32 Å². The van der Waals surface area contributed by atoms with Crippen LogP contribution >= 0.6 is 0 Å². The zero-order chi connectivity index (χ0) is 15.0. The third-order valence-electron chi connectivity index (χ3n) is 3.83. The van der Waals surface area contributed by atoms with Crippen LogP contribution in [0.25, 0.3) is 0 Å². The van der Waals surface area contributed by atoms with Gasteiger partial charge >= 0.3 is 0 Å². The lowest BCUT2D eigenvalue weighted by molar-refractivity contribution is 0.144. The Bertz CT molecular complexity index is 552. The topological polar surface area (TPSA) is 49.4 Å². The Hall–Kier alpha value is -0.910. The second-order valence-electron chi connectivity index (χ2n) is 6.44. The fourth-order valence-electron chi connectivity index (χ4n) is 2.60. The van der Waals surface area contributed by atoms with Gasteiger partial charge in [0.1, 0.15) is 0 Å². The molecule has 1 fully saturated rings. The molecule has 0 amide bonds. The van der Waals surface area contributed by atoms with Crippen LogP contribution in [0.2, 0.25) is 0 Å². The Labute approximate surface area is 122 Å². The highest BCUT2D eigenvalue weighted by molar-refractivity contribution is 7.89. The van der Waals surface area contributed by atoms with Gasteiger partial charge in [0, 0.05) is 24.7 Å². The van der Waals surface area contributed by atoms with Crippen molar-refractivity contribution < 1.29 is 8.42 Å². The highest BCUT2D eigenvalue weighted by Crippen LogP contribution is 2.27. The molecule has 0 saturated carbocycles. The lowest BCUT2D eigenvalue weighted by Gasteiger charge is -2.45. The molecular weight excluding hydrogens is 272 g/mol. The summed E-state index contributed by atoms with van der Waals surface area (Å²) in [5.74, 6) is 0.275. The Balaban J connectivity index is 2.40. The highest BCUT2D eigenvalue weighted by atomic mass is 32.2. The van der Waals surface area contributed by atoms with Crippen LogP contribution in [0.5, 0.6) is 0 Å². The van der Waals surface area contributed by atoms with E-state index in [1.807, 2.05) is 19.9 Å². The second kappa shape index (κ2) is 5.47. The van der Waals surface area contributed by atoms with Gasteiger partial charge in [-0.1, -0.05) is 32.0 Å². The van der Waals surface area contributed by atoms with Gasteiger partial charge in [-0.25, -0.2) is 8.42 Å². The van der Waals surface area contributed by atoms with Crippen molar-refractivity contribution in [3.63, 3.8) is 0 Å². The maximum Gasteiger partial charge on any atom is 0.243 e. The average Bonchev–Trinajstić information content (AvgIpc) is 2.38. The third kappa shape index (κ3) is 3.05. The molecule has 1 unspecified atom stereocenters. The smallest absolute Gasteiger partial charge is 0.243 e. The van der Waals surface area contributed by atoms with Crippen molar-refractivity contribution in [2.75, 3.05) is 13.1 Å². The van der Waals surface area contributed by atoms with Crippen molar-refractivity contribution in [1.29, 1.82) is 0 Å². The van der Waals surface area contributed by atoms with E-state index in [-0.39, 0.29) is 17.5 Å². The van der Waals surface area contributed by atoms with Gasteiger partial charge in [0.15, 0.2) is 0 Å². The summed E-state index contributed by atoms with van der Waals surface area (Å²) in [5, 5.41) is 3.44. The van der Waals surface area contributed by atoms with E-state index in [2.05, 4.69) is 19.2 Å². The molecule has 1 heterocycles. The third-order valence-corrected chi connectivity index (χ3v) is 5.72. The van der Waals surface area contributed by atoms with Gasteiger partial charge in [0.25, 0.3) is 0 Å². The normalized spacial score (nSPS) is 23.9. The summed E-state index contributed by atoms with van der Waals surface area (Å²) < 4.78 is 27.4.